The quantitative estimate of drug-likeness (QED) is 0.854. The molecule has 0 fully saturated rings. The van der Waals surface area contributed by atoms with E-state index < -0.39 is 0 Å². The first-order valence-electron chi connectivity index (χ1n) is 5.70. The molecule has 0 saturated heterocycles. The molecule has 0 aliphatic carbocycles. The lowest BCUT2D eigenvalue weighted by Crippen LogP contribution is -2.02. The van der Waals surface area contributed by atoms with Crippen LogP contribution in [0.4, 0.5) is 0 Å². The predicted molar refractivity (Wildman–Crippen MR) is 66.5 cm³/mol. The summed E-state index contributed by atoms with van der Waals surface area (Å²) < 4.78 is 0. The highest BCUT2D eigenvalue weighted by molar-refractivity contribution is 5.82. The third-order valence-electron chi connectivity index (χ3n) is 2.76. The normalized spacial score (nSPS) is 12.9. The third kappa shape index (κ3) is 2.39. The smallest absolute Gasteiger partial charge is 0.0707 e. The fourth-order valence-corrected chi connectivity index (χ4v) is 1.97. The highest BCUT2D eigenvalue weighted by atomic mass is 16.3. The van der Waals surface area contributed by atoms with Crippen molar-refractivity contribution in [3.63, 3.8) is 0 Å². The molecule has 1 heterocycles. The second-order valence-electron chi connectivity index (χ2n) is 4.33. The van der Waals surface area contributed by atoms with Crippen molar-refractivity contribution in [2.75, 3.05) is 0 Å². The topological polar surface area (TPSA) is 33.1 Å². The number of aryl methyl sites for hydroxylation is 2. The van der Waals surface area contributed by atoms with E-state index in [4.69, 9.17) is 0 Å². The summed E-state index contributed by atoms with van der Waals surface area (Å²) >= 11 is 0. The Balaban J connectivity index is 2.42. The number of fused-ring (bicyclic) bond motifs is 1. The molecule has 0 spiro atoms. The molecule has 0 unspecified atom stereocenters. The Morgan fingerprint density at radius 1 is 1.31 bits per heavy atom. The van der Waals surface area contributed by atoms with E-state index in [1.54, 1.807) is 0 Å². The highest BCUT2D eigenvalue weighted by Crippen LogP contribution is 2.19. The number of aromatic nitrogens is 1. The number of aliphatic hydroxyl groups is 1. The second-order valence-corrected chi connectivity index (χ2v) is 4.33. The van der Waals surface area contributed by atoms with E-state index in [-0.39, 0.29) is 6.10 Å². The fraction of sp³-hybridized carbons (Fsp3) is 0.357. The average Bonchev–Trinajstić information content (AvgIpc) is 2.25. The van der Waals surface area contributed by atoms with Gasteiger partial charge in [0.25, 0.3) is 0 Å². The van der Waals surface area contributed by atoms with Gasteiger partial charge in [0.1, 0.15) is 0 Å². The van der Waals surface area contributed by atoms with Crippen molar-refractivity contribution in [1.82, 2.24) is 4.98 Å². The van der Waals surface area contributed by atoms with Crippen LogP contribution in [0.15, 0.2) is 30.3 Å². The van der Waals surface area contributed by atoms with Crippen molar-refractivity contribution >= 4 is 10.9 Å². The summed E-state index contributed by atoms with van der Waals surface area (Å²) in [4.78, 5) is 4.50. The summed E-state index contributed by atoms with van der Waals surface area (Å²) in [6, 6.07) is 10.3. The second kappa shape index (κ2) is 4.62. The van der Waals surface area contributed by atoms with Crippen molar-refractivity contribution in [2.45, 2.75) is 32.8 Å². The van der Waals surface area contributed by atoms with Crippen LogP contribution in [0, 0.1) is 6.92 Å². The van der Waals surface area contributed by atoms with Gasteiger partial charge in [0.05, 0.1) is 11.6 Å². The average molecular weight is 215 g/mol. The van der Waals surface area contributed by atoms with Crippen LogP contribution in [-0.4, -0.2) is 16.2 Å². The van der Waals surface area contributed by atoms with E-state index >= 15 is 0 Å². The number of aliphatic hydroxyl groups excluding tert-OH is 1. The Morgan fingerprint density at radius 3 is 2.81 bits per heavy atom. The number of pyridine rings is 1. The molecule has 16 heavy (non-hydrogen) atoms. The number of hydrogen-bond donors (Lipinski definition) is 1. The number of benzene rings is 1. The van der Waals surface area contributed by atoms with Gasteiger partial charge in [0.15, 0.2) is 0 Å². The van der Waals surface area contributed by atoms with Crippen LogP contribution >= 0.6 is 0 Å². The first-order chi connectivity index (χ1) is 7.66. The van der Waals surface area contributed by atoms with E-state index in [0.29, 0.717) is 0 Å². The summed E-state index contributed by atoms with van der Waals surface area (Å²) in [5, 5.41) is 10.5. The molecule has 1 atom stereocenters. The first-order valence-corrected chi connectivity index (χ1v) is 5.70. The van der Waals surface area contributed by atoms with Crippen molar-refractivity contribution in [2.24, 2.45) is 0 Å². The van der Waals surface area contributed by atoms with Crippen molar-refractivity contribution < 1.29 is 5.11 Å². The molecule has 0 bridgehead atoms. The Kier molecular flexibility index (Phi) is 3.20. The largest absolute Gasteiger partial charge is 0.393 e. The van der Waals surface area contributed by atoms with Gasteiger partial charge in [-0.3, -0.25) is 4.98 Å². The van der Waals surface area contributed by atoms with Gasteiger partial charge in [0, 0.05) is 11.1 Å². The van der Waals surface area contributed by atoms with Gasteiger partial charge in [-0.2, -0.15) is 0 Å². The minimum absolute atomic E-state index is 0.243. The molecule has 2 heteroatoms. The lowest BCUT2D eigenvalue weighted by Gasteiger charge is -2.08. The molecule has 1 aromatic carbocycles. The van der Waals surface area contributed by atoms with Crippen LogP contribution in [0.5, 0.6) is 0 Å². The maximum Gasteiger partial charge on any atom is 0.0707 e. The number of rotatable bonds is 3. The molecule has 2 nitrogen and oxygen atoms in total. The molecule has 2 aromatic rings. The zero-order valence-corrected chi connectivity index (χ0v) is 9.77. The summed E-state index contributed by atoms with van der Waals surface area (Å²) in [6.45, 7) is 3.84. The monoisotopic (exact) mass is 215 g/mol. The van der Waals surface area contributed by atoms with Gasteiger partial charge in [-0.25, -0.2) is 0 Å². The summed E-state index contributed by atoms with van der Waals surface area (Å²) in [6.07, 6.45) is 1.46. The zero-order valence-electron chi connectivity index (χ0n) is 9.77. The summed E-state index contributed by atoms with van der Waals surface area (Å²) in [5.41, 5.74) is 3.37. The third-order valence-corrected chi connectivity index (χ3v) is 2.76. The Bertz CT molecular complexity index is 491. The van der Waals surface area contributed by atoms with Gasteiger partial charge in [-0.05, 0) is 44.4 Å². The Morgan fingerprint density at radius 2 is 2.06 bits per heavy atom. The summed E-state index contributed by atoms with van der Waals surface area (Å²) in [5.74, 6) is 0. The lowest BCUT2D eigenvalue weighted by atomic mass is 10.0. The van der Waals surface area contributed by atoms with E-state index in [1.165, 1.54) is 10.9 Å². The molecule has 0 aliphatic rings. The fourth-order valence-electron chi connectivity index (χ4n) is 1.97. The molecule has 84 valence electrons. The standard InChI is InChI=1S/C14H17NO/c1-10-9-12(8-7-11(2)16)13-5-3-4-6-14(13)15-10/h3-6,9,11,16H,7-8H2,1-2H3/t11-/m1/s1. The van der Waals surface area contributed by atoms with Gasteiger partial charge in [-0.15, -0.1) is 0 Å². The first kappa shape index (κ1) is 11.1. The SMILES string of the molecule is Cc1cc(CC[C@@H](C)O)c2ccccc2n1. The molecule has 0 saturated carbocycles. The maximum absolute atomic E-state index is 9.34. The van der Waals surface area contributed by atoms with Crippen molar-refractivity contribution in [1.29, 1.82) is 0 Å². The lowest BCUT2D eigenvalue weighted by molar-refractivity contribution is 0.185. The van der Waals surface area contributed by atoms with Crippen molar-refractivity contribution in [3.05, 3.63) is 41.6 Å². The van der Waals surface area contributed by atoms with Crippen LogP contribution in [0.1, 0.15) is 24.6 Å². The van der Waals surface area contributed by atoms with E-state index in [0.717, 1.165) is 24.1 Å². The van der Waals surface area contributed by atoms with Crippen LogP contribution < -0.4 is 0 Å². The molecular weight excluding hydrogens is 198 g/mol. The van der Waals surface area contributed by atoms with E-state index in [2.05, 4.69) is 17.1 Å². The molecule has 0 amide bonds. The molecule has 1 aromatic heterocycles. The number of nitrogens with zero attached hydrogens (tertiary/aromatic N) is 1. The molecular formula is C14H17NO. The minimum atomic E-state index is -0.243. The van der Waals surface area contributed by atoms with Gasteiger partial charge >= 0.3 is 0 Å². The van der Waals surface area contributed by atoms with E-state index in [9.17, 15) is 5.11 Å². The van der Waals surface area contributed by atoms with Crippen LogP contribution in [-0.2, 0) is 6.42 Å². The van der Waals surface area contributed by atoms with Gasteiger partial charge in [0.2, 0.25) is 0 Å². The van der Waals surface area contributed by atoms with Gasteiger partial charge < -0.3 is 5.11 Å². The van der Waals surface area contributed by atoms with Crippen LogP contribution in [0.3, 0.4) is 0 Å². The number of para-hydroxylation sites is 1. The summed E-state index contributed by atoms with van der Waals surface area (Å²) in [7, 11) is 0. The van der Waals surface area contributed by atoms with Crippen LogP contribution in [0.2, 0.25) is 0 Å². The number of hydrogen-bond acceptors (Lipinski definition) is 2. The molecule has 0 radical (unpaired) electrons. The molecule has 2 rings (SSSR count). The maximum atomic E-state index is 9.34. The highest BCUT2D eigenvalue weighted by Gasteiger charge is 2.04. The minimum Gasteiger partial charge on any atom is -0.393 e. The van der Waals surface area contributed by atoms with Gasteiger partial charge in [-0.1, -0.05) is 18.2 Å². The predicted octanol–water partition coefficient (Wildman–Crippen LogP) is 2.86. The Labute approximate surface area is 96.0 Å². The van der Waals surface area contributed by atoms with E-state index in [1.807, 2.05) is 32.0 Å². The Hall–Kier alpha value is -1.41. The van der Waals surface area contributed by atoms with Crippen LogP contribution in [0.25, 0.3) is 10.9 Å². The zero-order chi connectivity index (χ0) is 11.5. The molecule has 1 N–H and O–H groups in total. The van der Waals surface area contributed by atoms with Crippen molar-refractivity contribution in [3.8, 4) is 0 Å². The molecule has 0 aliphatic heterocycles.